The van der Waals surface area contributed by atoms with E-state index < -0.39 is 11.9 Å². The van der Waals surface area contributed by atoms with Crippen LogP contribution in [0, 0.1) is 0 Å². The Bertz CT molecular complexity index is 333. The van der Waals surface area contributed by atoms with Crippen LogP contribution in [0.1, 0.15) is 30.9 Å². The van der Waals surface area contributed by atoms with E-state index in [0.29, 0.717) is 13.2 Å². The molecule has 0 saturated heterocycles. The van der Waals surface area contributed by atoms with Gasteiger partial charge in [0.1, 0.15) is 0 Å². The molecule has 1 atom stereocenters. The molecule has 0 aliphatic rings. The van der Waals surface area contributed by atoms with Gasteiger partial charge in [0.05, 0.1) is 12.5 Å². The number of aliphatic carboxylic acids is 1. The third-order valence-corrected chi connectivity index (χ3v) is 2.29. The minimum absolute atomic E-state index is 0.466. The zero-order valence-corrected chi connectivity index (χ0v) is 9.06. The van der Waals surface area contributed by atoms with Crippen LogP contribution in [-0.2, 0) is 16.1 Å². The second-order valence-corrected chi connectivity index (χ2v) is 3.44. The van der Waals surface area contributed by atoms with Crippen molar-refractivity contribution in [2.75, 3.05) is 6.61 Å². The molecule has 1 N–H and O–H groups in total. The molecule has 1 aromatic rings. The van der Waals surface area contributed by atoms with Crippen molar-refractivity contribution >= 4 is 5.97 Å². The van der Waals surface area contributed by atoms with Gasteiger partial charge in [0.25, 0.3) is 0 Å². The van der Waals surface area contributed by atoms with Crippen molar-refractivity contribution in [1.82, 2.24) is 0 Å². The molecule has 0 spiro atoms. The lowest BCUT2D eigenvalue weighted by Gasteiger charge is -2.08. The Morgan fingerprint density at radius 1 is 1.53 bits per heavy atom. The molecule has 0 fully saturated rings. The number of benzene rings is 1. The van der Waals surface area contributed by atoms with Gasteiger partial charge in [0.2, 0.25) is 0 Å². The number of hydrogen-bond acceptors (Lipinski definition) is 2. The SMILES string of the molecule is CCOCc1cccc(C(C)C(=O)O)c1. The second kappa shape index (κ2) is 5.51. The number of carboxylic acid groups (broad SMARTS) is 1. The molecule has 0 amide bonds. The molecule has 3 heteroatoms. The maximum atomic E-state index is 10.8. The molecule has 0 radical (unpaired) electrons. The third-order valence-electron chi connectivity index (χ3n) is 2.29. The lowest BCUT2D eigenvalue weighted by atomic mass is 9.99. The van der Waals surface area contributed by atoms with Gasteiger partial charge in [-0.3, -0.25) is 4.79 Å². The molecule has 15 heavy (non-hydrogen) atoms. The van der Waals surface area contributed by atoms with E-state index in [4.69, 9.17) is 9.84 Å². The highest BCUT2D eigenvalue weighted by atomic mass is 16.5. The maximum absolute atomic E-state index is 10.8. The van der Waals surface area contributed by atoms with E-state index in [9.17, 15) is 4.79 Å². The first-order chi connectivity index (χ1) is 7.15. The Kier molecular flexibility index (Phi) is 4.31. The van der Waals surface area contributed by atoms with Crippen molar-refractivity contribution in [2.24, 2.45) is 0 Å². The molecule has 1 aromatic carbocycles. The van der Waals surface area contributed by atoms with Crippen LogP contribution in [0.3, 0.4) is 0 Å². The number of carboxylic acids is 1. The van der Waals surface area contributed by atoms with Gasteiger partial charge in [0, 0.05) is 6.61 Å². The molecule has 1 unspecified atom stereocenters. The van der Waals surface area contributed by atoms with Crippen molar-refractivity contribution in [3.63, 3.8) is 0 Å². The first kappa shape index (κ1) is 11.7. The van der Waals surface area contributed by atoms with Crippen molar-refractivity contribution in [3.8, 4) is 0 Å². The normalized spacial score (nSPS) is 12.4. The Hall–Kier alpha value is -1.35. The van der Waals surface area contributed by atoms with Crippen LogP contribution in [0.4, 0.5) is 0 Å². The Morgan fingerprint density at radius 2 is 2.27 bits per heavy atom. The molecule has 82 valence electrons. The maximum Gasteiger partial charge on any atom is 0.310 e. The molecule has 0 heterocycles. The summed E-state index contributed by atoms with van der Waals surface area (Å²) in [6.45, 7) is 4.82. The zero-order valence-electron chi connectivity index (χ0n) is 9.06. The highest BCUT2D eigenvalue weighted by Crippen LogP contribution is 2.17. The van der Waals surface area contributed by atoms with Crippen LogP contribution >= 0.6 is 0 Å². The van der Waals surface area contributed by atoms with Crippen molar-refractivity contribution in [3.05, 3.63) is 35.4 Å². The largest absolute Gasteiger partial charge is 0.481 e. The summed E-state index contributed by atoms with van der Waals surface area (Å²) in [7, 11) is 0. The summed E-state index contributed by atoms with van der Waals surface area (Å²) < 4.78 is 5.27. The summed E-state index contributed by atoms with van der Waals surface area (Å²) in [6, 6.07) is 7.51. The van der Waals surface area contributed by atoms with Crippen molar-refractivity contribution < 1.29 is 14.6 Å². The van der Waals surface area contributed by atoms with Gasteiger partial charge in [-0.25, -0.2) is 0 Å². The minimum Gasteiger partial charge on any atom is -0.481 e. The van der Waals surface area contributed by atoms with Gasteiger partial charge in [-0.1, -0.05) is 24.3 Å². The first-order valence-electron chi connectivity index (χ1n) is 5.04. The summed E-state index contributed by atoms with van der Waals surface area (Å²) in [5.41, 5.74) is 1.84. The predicted octanol–water partition coefficient (Wildman–Crippen LogP) is 2.41. The number of carbonyl (C=O) groups is 1. The van der Waals surface area contributed by atoms with Gasteiger partial charge >= 0.3 is 5.97 Å². The van der Waals surface area contributed by atoms with E-state index in [1.54, 1.807) is 6.92 Å². The monoisotopic (exact) mass is 208 g/mol. The number of hydrogen-bond donors (Lipinski definition) is 1. The van der Waals surface area contributed by atoms with Gasteiger partial charge in [-0.05, 0) is 25.0 Å². The fourth-order valence-corrected chi connectivity index (χ4v) is 1.31. The van der Waals surface area contributed by atoms with E-state index >= 15 is 0 Å². The highest BCUT2D eigenvalue weighted by Gasteiger charge is 2.13. The van der Waals surface area contributed by atoms with E-state index in [2.05, 4.69) is 0 Å². The second-order valence-electron chi connectivity index (χ2n) is 3.44. The topological polar surface area (TPSA) is 46.5 Å². The summed E-state index contributed by atoms with van der Waals surface area (Å²) >= 11 is 0. The van der Waals surface area contributed by atoms with E-state index in [1.165, 1.54) is 0 Å². The molecular weight excluding hydrogens is 192 g/mol. The Morgan fingerprint density at radius 3 is 2.87 bits per heavy atom. The molecule has 0 aromatic heterocycles. The number of ether oxygens (including phenoxy) is 1. The van der Waals surface area contributed by atoms with E-state index in [0.717, 1.165) is 11.1 Å². The average molecular weight is 208 g/mol. The van der Waals surface area contributed by atoms with E-state index in [1.807, 2.05) is 31.2 Å². The van der Waals surface area contributed by atoms with E-state index in [-0.39, 0.29) is 0 Å². The lowest BCUT2D eigenvalue weighted by Crippen LogP contribution is -2.07. The molecule has 3 nitrogen and oxygen atoms in total. The smallest absolute Gasteiger partial charge is 0.310 e. The van der Waals surface area contributed by atoms with Crippen LogP contribution in [0.2, 0.25) is 0 Å². The number of rotatable bonds is 5. The Balaban J connectivity index is 2.77. The molecule has 0 aliphatic heterocycles. The highest BCUT2D eigenvalue weighted by molar-refractivity contribution is 5.75. The van der Waals surface area contributed by atoms with Crippen LogP contribution in [0.15, 0.2) is 24.3 Å². The Labute approximate surface area is 89.7 Å². The molecule has 0 aliphatic carbocycles. The molecule has 0 bridgehead atoms. The van der Waals surface area contributed by atoms with Gasteiger partial charge in [0.15, 0.2) is 0 Å². The van der Waals surface area contributed by atoms with Crippen LogP contribution in [-0.4, -0.2) is 17.7 Å². The summed E-state index contributed by atoms with van der Waals surface area (Å²) in [5, 5.41) is 8.87. The quantitative estimate of drug-likeness (QED) is 0.808. The lowest BCUT2D eigenvalue weighted by molar-refractivity contribution is -0.138. The predicted molar refractivity (Wildman–Crippen MR) is 57.8 cm³/mol. The van der Waals surface area contributed by atoms with Gasteiger partial charge in [-0.15, -0.1) is 0 Å². The van der Waals surface area contributed by atoms with Crippen LogP contribution in [0.25, 0.3) is 0 Å². The fraction of sp³-hybridized carbons (Fsp3) is 0.417. The standard InChI is InChI=1S/C12H16O3/c1-3-15-8-10-5-4-6-11(7-10)9(2)12(13)14/h4-7,9H,3,8H2,1-2H3,(H,13,14). The van der Waals surface area contributed by atoms with Crippen molar-refractivity contribution in [1.29, 1.82) is 0 Å². The summed E-state index contributed by atoms with van der Waals surface area (Å²) in [6.07, 6.45) is 0. The zero-order chi connectivity index (χ0) is 11.3. The fourth-order valence-electron chi connectivity index (χ4n) is 1.31. The van der Waals surface area contributed by atoms with Crippen LogP contribution in [0.5, 0.6) is 0 Å². The molecule has 0 saturated carbocycles. The average Bonchev–Trinajstić information content (AvgIpc) is 2.25. The summed E-state index contributed by atoms with van der Waals surface area (Å²) in [5.74, 6) is -1.27. The van der Waals surface area contributed by atoms with Crippen molar-refractivity contribution in [2.45, 2.75) is 26.4 Å². The first-order valence-corrected chi connectivity index (χ1v) is 5.04. The molecular formula is C12H16O3. The summed E-state index contributed by atoms with van der Waals surface area (Å²) in [4.78, 5) is 10.8. The van der Waals surface area contributed by atoms with Gasteiger partial charge in [-0.2, -0.15) is 0 Å². The molecule has 1 rings (SSSR count). The van der Waals surface area contributed by atoms with Crippen LogP contribution < -0.4 is 0 Å². The minimum atomic E-state index is -0.802. The van der Waals surface area contributed by atoms with Gasteiger partial charge < -0.3 is 9.84 Å². The third kappa shape index (κ3) is 3.36.